The van der Waals surface area contributed by atoms with Crippen LogP contribution in [0.2, 0.25) is 0 Å². The van der Waals surface area contributed by atoms with Gasteiger partial charge in [0.05, 0.1) is 5.52 Å². The molecule has 0 aromatic carbocycles. The van der Waals surface area contributed by atoms with E-state index in [2.05, 4.69) is 4.98 Å². The molecule has 2 aromatic rings. The van der Waals surface area contributed by atoms with Gasteiger partial charge in [0, 0.05) is 0 Å². The van der Waals surface area contributed by atoms with Crippen molar-refractivity contribution in [3.63, 3.8) is 0 Å². The highest BCUT2D eigenvalue weighted by Gasteiger charge is 2.56. The molecule has 2 fully saturated rings. The van der Waals surface area contributed by atoms with E-state index in [0.29, 0.717) is 10.2 Å². The molecule has 23 heavy (non-hydrogen) atoms. The molecule has 4 heterocycles. The summed E-state index contributed by atoms with van der Waals surface area (Å²) in [5, 5.41) is 1.71. The number of nitrogens with one attached hydrogen (secondary N) is 1. The van der Waals surface area contributed by atoms with Crippen LogP contribution < -0.4 is 11.2 Å². The minimum atomic E-state index is -0.885. The Morgan fingerprint density at radius 2 is 2.09 bits per heavy atom. The first-order valence-corrected chi connectivity index (χ1v) is 8.08. The molecule has 9 heteroatoms. The molecule has 1 N–H and O–H groups in total. The standard InChI is InChI=1S/C14H15FN2O5S/c1-14(2)21-8-7(5-15)20-12(9(8)22-14)17-6-3-4-23-10(6)11(18)16-13(17)19/h3-4,7-9,12H,5H2,1-2H3,(H,16,18,19)/t7-,8-,9-,12-/m1/s1. The number of aromatic amines is 1. The normalized spacial score (nSPS) is 32.5. The van der Waals surface area contributed by atoms with Gasteiger partial charge in [-0.3, -0.25) is 14.3 Å². The van der Waals surface area contributed by atoms with Crippen molar-refractivity contribution in [1.29, 1.82) is 0 Å². The average Bonchev–Trinajstić information content (AvgIpc) is 3.13. The second-order valence-corrected chi connectivity index (χ2v) is 6.96. The van der Waals surface area contributed by atoms with E-state index in [1.54, 1.807) is 25.3 Å². The number of aromatic nitrogens is 2. The second-order valence-electron chi connectivity index (χ2n) is 6.05. The van der Waals surface area contributed by atoms with Crippen LogP contribution in [0, 0.1) is 0 Å². The van der Waals surface area contributed by atoms with E-state index in [4.69, 9.17) is 14.2 Å². The van der Waals surface area contributed by atoms with Crippen LogP contribution in [0.4, 0.5) is 4.39 Å². The fraction of sp³-hybridized carbons (Fsp3) is 0.571. The number of alkyl halides is 1. The quantitative estimate of drug-likeness (QED) is 0.885. The molecule has 2 saturated heterocycles. The van der Waals surface area contributed by atoms with Gasteiger partial charge in [0.25, 0.3) is 5.56 Å². The Hall–Kier alpha value is -1.55. The Morgan fingerprint density at radius 3 is 2.83 bits per heavy atom. The smallest absolute Gasteiger partial charge is 0.331 e. The van der Waals surface area contributed by atoms with Crippen LogP contribution >= 0.6 is 11.3 Å². The summed E-state index contributed by atoms with van der Waals surface area (Å²) in [6.07, 6.45) is -2.91. The van der Waals surface area contributed by atoms with Crippen molar-refractivity contribution in [1.82, 2.24) is 9.55 Å². The third kappa shape index (κ3) is 2.18. The molecule has 0 unspecified atom stereocenters. The fourth-order valence-electron chi connectivity index (χ4n) is 3.23. The number of fused-ring (bicyclic) bond motifs is 2. The number of ether oxygens (including phenoxy) is 3. The zero-order chi connectivity index (χ0) is 16.4. The van der Waals surface area contributed by atoms with E-state index in [0.717, 1.165) is 0 Å². The summed E-state index contributed by atoms with van der Waals surface area (Å²) in [7, 11) is 0. The summed E-state index contributed by atoms with van der Waals surface area (Å²) >= 11 is 1.22. The van der Waals surface area contributed by atoms with Gasteiger partial charge in [0.1, 0.15) is 29.7 Å². The molecule has 0 spiro atoms. The Labute approximate surface area is 133 Å². The fourth-order valence-corrected chi connectivity index (χ4v) is 4.01. The molecule has 2 aliphatic rings. The number of H-pyrrole nitrogens is 1. The molecular weight excluding hydrogens is 327 g/mol. The molecule has 4 atom stereocenters. The monoisotopic (exact) mass is 342 g/mol. The minimum absolute atomic E-state index is 0.409. The predicted octanol–water partition coefficient (Wildman–Crippen LogP) is 1.14. The molecule has 7 nitrogen and oxygen atoms in total. The van der Waals surface area contributed by atoms with E-state index in [1.165, 1.54) is 15.9 Å². The van der Waals surface area contributed by atoms with Crippen molar-refractivity contribution >= 4 is 21.6 Å². The zero-order valence-electron chi connectivity index (χ0n) is 12.4. The minimum Gasteiger partial charge on any atom is -0.346 e. The first kappa shape index (κ1) is 15.0. The number of rotatable bonds is 2. The topological polar surface area (TPSA) is 82.6 Å². The highest BCUT2D eigenvalue weighted by molar-refractivity contribution is 7.17. The highest BCUT2D eigenvalue weighted by Crippen LogP contribution is 2.43. The van der Waals surface area contributed by atoms with Gasteiger partial charge in [0.2, 0.25) is 0 Å². The average molecular weight is 342 g/mol. The number of thiophene rings is 1. The molecule has 0 saturated carbocycles. The van der Waals surface area contributed by atoms with Gasteiger partial charge in [-0.2, -0.15) is 0 Å². The van der Waals surface area contributed by atoms with E-state index >= 15 is 0 Å². The van der Waals surface area contributed by atoms with Gasteiger partial charge in [-0.1, -0.05) is 0 Å². The molecular formula is C14H15FN2O5S. The SMILES string of the molecule is CC1(C)O[C@@H]2[C@H](O1)[C@@H](CF)O[C@H]2n1c(=O)[nH]c(=O)c2sccc21. The van der Waals surface area contributed by atoms with E-state index in [1.807, 2.05) is 0 Å². The molecule has 2 aromatic heterocycles. The Bertz CT molecular complexity index is 872. The lowest BCUT2D eigenvalue weighted by atomic mass is 10.1. The molecule has 0 radical (unpaired) electrons. The number of nitrogens with zero attached hydrogens (tertiary/aromatic N) is 1. The van der Waals surface area contributed by atoms with Gasteiger partial charge in [-0.05, 0) is 25.3 Å². The van der Waals surface area contributed by atoms with Crippen LogP contribution in [-0.4, -0.2) is 40.3 Å². The van der Waals surface area contributed by atoms with Crippen molar-refractivity contribution in [2.75, 3.05) is 6.67 Å². The van der Waals surface area contributed by atoms with Gasteiger partial charge in [-0.25, -0.2) is 9.18 Å². The third-order valence-electron chi connectivity index (χ3n) is 4.08. The molecule has 2 aliphatic heterocycles. The van der Waals surface area contributed by atoms with Crippen molar-refractivity contribution in [2.45, 2.75) is 44.2 Å². The van der Waals surface area contributed by atoms with Gasteiger partial charge in [-0.15, -0.1) is 11.3 Å². The van der Waals surface area contributed by atoms with Crippen molar-refractivity contribution in [2.24, 2.45) is 0 Å². The summed E-state index contributed by atoms with van der Waals surface area (Å²) in [4.78, 5) is 26.5. The predicted molar refractivity (Wildman–Crippen MR) is 80.4 cm³/mol. The van der Waals surface area contributed by atoms with Gasteiger partial charge < -0.3 is 14.2 Å². The second kappa shape index (κ2) is 4.97. The van der Waals surface area contributed by atoms with Crippen LogP contribution in [-0.2, 0) is 14.2 Å². The van der Waals surface area contributed by atoms with Crippen LogP contribution in [0.15, 0.2) is 21.0 Å². The molecule has 4 rings (SSSR count). The lowest BCUT2D eigenvalue weighted by Gasteiger charge is -2.24. The first-order valence-electron chi connectivity index (χ1n) is 7.20. The maximum atomic E-state index is 13.3. The Balaban J connectivity index is 1.87. The summed E-state index contributed by atoms with van der Waals surface area (Å²) in [6.45, 7) is 2.71. The van der Waals surface area contributed by atoms with Crippen LogP contribution in [0.1, 0.15) is 20.1 Å². The first-order chi connectivity index (χ1) is 10.9. The maximum Gasteiger partial charge on any atom is 0.331 e. The molecule has 124 valence electrons. The summed E-state index contributed by atoms with van der Waals surface area (Å²) in [5.41, 5.74) is -0.616. The van der Waals surface area contributed by atoms with Crippen molar-refractivity contribution < 1.29 is 18.6 Å². The lowest BCUT2D eigenvalue weighted by Crippen LogP contribution is -2.37. The maximum absolute atomic E-state index is 13.3. The lowest BCUT2D eigenvalue weighted by molar-refractivity contribution is -0.198. The summed E-state index contributed by atoms with van der Waals surface area (Å²) < 4.78 is 32.2. The Kier molecular flexibility index (Phi) is 3.24. The van der Waals surface area contributed by atoms with E-state index in [-0.39, 0.29) is 0 Å². The number of hydrogen-bond acceptors (Lipinski definition) is 6. The highest BCUT2D eigenvalue weighted by atomic mass is 32.1. The molecule has 0 amide bonds. The Morgan fingerprint density at radius 1 is 1.35 bits per heavy atom. The number of hydrogen-bond donors (Lipinski definition) is 1. The van der Waals surface area contributed by atoms with Crippen molar-refractivity contribution in [3.8, 4) is 0 Å². The van der Waals surface area contributed by atoms with Gasteiger partial charge in [0.15, 0.2) is 12.0 Å². The van der Waals surface area contributed by atoms with Crippen LogP contribution in [0.5, 0.6) is 0 Å². The molecule has 0 bridgehead atoms. The largest absolute Gasteiger partial charge is 0.346 e. The zero-order valence-corrected chi connectivity index (χ0v) is 13.3. The van der Waals surface area contributed by atoms with Crippen molar-refractivity contribution in [3.05, 3.63) is 32.3 Å². The van der Waals surface area contributed by atoms with E-state index < -0.39 is 48.3 Å². The summed E-state index contributed by atoms with van der Waals surface area (Å²) in [6, 6.07) is 1.67. The van der Waals surface area contributed by atoms with E-state index in [9.17, 15) is 14.0 Å². The van der Waals surface area contributed by atoms with Crippen LogP contribution in [0.25, 0.3) is 10.2 Å². The number of halogens is 1. The van der Waals surface area contributed by atoms with Crippen LogP contribution in [0.3, 0.4) is 0 Å². The summed E-state index contributed by atoms with van der Waals surface area (Å²) in [5.74, 6) is -0.885. The van der Waals surface area contributed by atoms with Gasteiger partial charge >= 0.3 is 5.69 Å². The molecule has 0 aliphatic carbocycles. The third-order valence-corrected chi connectivity index (χ3v) is 4.98.